The van der Waals surface area contributed by atoms with Crippen LogP contribution in [0.5, 0.6) is 0 Å². The second-order valence-corrected chi connectivity index (χ2v) is 9.53. The number of anilines is 6. The van der Waals surface area contributed by atoms with Crippen LogP contribution in [0, 0.1) is 0 Å². The van der Waals surface area contributed by atoms with Crippen molar-refractivity contribution in [3.8, 4) is 0 Å². The first-order chi connectivity index (χ1) is 23.3. The maximum atomic E-state index is 5.64. The molecule has 0 aliphatic carbocycles. The molecule has 0 aliphatic rings. The highest BCUT2D eigenvalue weighted by Gasteiger charge is 2.01. The lowest BCUT2D eigenvalue weighted by Crippen LogP contribution is -3.00. The Kier molecular flexibility index (Phi) is 28.2. The Bertz CT molecular complexity index is 1780. The average molecular weight is 989 g/mol. The summed E-state index contributed by atoms with van der Waals surface area (Å²) >= 11 is 0. The Balaban J connectivity index is -0.000000684. The summed E-state index contributed by atoms with van der Waals surface area (Å²) in [5.74, 6) is 1.95. The van der Waals surface area contributed by atoms with Crippen LogP contribution in [0.25, 0.3) is 0 Å². The number of aromatic nitrogens is 3. The van der Waals surface area contributed by atoms with Crippen LogP contribution in [-0.4, -0.2) is 15.0 Å². The van der Waals surface area contributed by atoms with Gasteiger partial charge in [0, 0.05) is 0 Å². The minimum Gasteiger partial charge on any atom is -1.00 e. The summed E-state index contributed by atoms with van der Waals surface area (Å²) in [4.78, 5) is 11.7. The van der Waals surface area contributed by atoms with Gasteiger partial charge in [0.1, 0.15) is 34.5 Å². The van der Waals surface area contributed by atoms with Crippen LogP contribution in [0.4, 0.5) is 69.0 Å². The Labute approximate surface area is 362 Å². The lowest BCUT2D eigenvalue weighted by atomic mass is 10.3. The number of nitrogens with two attached hydrogens (primary N) is 6. The van der Waals surface area contributed by atoms with Crippen LogP contribution < -0.4 is 85.3 Å². The molecule has 12 N–H and O–H groups in total. The van der Waals surface area contributed by atoms with Crippen LogP contribution in [0.1, 0.15) is 0 Å². The van der Waals surface area contributed by atoms with Gasteiger partial charge in [0.15, 0.2) is 17.5 Å². The molecule has 3 aromatic heterocycles. The molecule has 288 valence electrons. The monoisotopic (exact) mass is 984 g/mol. The van der Waals surface area contributed by atoms with E-state index in [1.165, 1.54) is 0 Å². The lowest BCUT2D eigenvalue weighted by molar-refractivity contribution is -0.00100. The quantitative estimate of drug-likeness (QED) is 0.125. The maximum absolute atomic E-state index is 5.64. The smallest absolute Gasteiger partial charge is 0.153 e. The van der Waals surface area contributed by atoms with E-state index in [1.807, 2.05) is 91.0 Å². The standard InChI is InChI=1S/3C11H11N5.3BrH.3ClH/c3*12-10-7-6-9(11(13)14-10)16-15-8-4-2-1-3-5-8;;;;;;/h3*1-7H,(H4,12,13,14);6*1H/p-3. The summed E-state index contributed by atoms with van der Waals surface area (Å²) in [6.45, 7) is 0. The molecule has 54 heavy (non-hydrogen) atoms. The van der Waals surface area contributed by atoms with Gasteiger partial charge in [0.25, 0.3) is 0 Å². The van der Waals surface area contributed by atoms with E-state index < -0.39 is 0 Å². The third-order valence-corrected chi connectivity index (χ3v) is 5.86. The second-order valence-electron chi connectivity index (χ2n) is 9.53. The molecular weight excluding hydrogens is 953 g/mol. The molecular formula is C33H36Br3Cl3N15-3. The van der Waals surface area contributed by atoms with Gasteiger partial charge >= 0.3 is 0 Å². The zero-order valence-corrected chi connectivity index (χ0v) is 35.2. The van der Waals surface area contributed by atoms with Crippen LogP contribution in [-0.2, 0) is 0 Å². The van der Waals surface area contributed by atoms with E-state index in [9.17, 15) is 0 Å². The van der Waals surface area contributed by atoms with Gasteiger partial charge in [-0.3, -0.25) is 0 Å². The van der Waals surface area contributed by atoms with Crippen molar-refractivity contribution in [3.63, 3.8) is 0 Å². The Morgan fingerprint density at radius 3 is 0.722 bits per heavy atom. The molecule has 0 amide bonds. The molecule has 0 unspecified atom stereocenters. The number of halogens is 6. The third-order valence-electron chi connectivity index (χ3n) is 5.86. The Hall–Kier alpha value is -4.98. The van der Waals surface area contributed by atoms with Gasteiger partial charge in [0.05, 0.1) is 17.1 Å². The molecule has 6 aromatic rings. The SMILES string of the molecule is Cl.Cl.Cl.Nc1ccc(N=Nc2ccccc2)c(N)n1.Nc1ccc(N=Nc2ccccc2)c(N)n1.Nc1ccc(N=Nc2ccccc2)c(N)n1.[Br-].[Br-].[Br-]. The first-order valence-electron chi connectivity index (χ1n) is 14.2. The maximum Gasteiger partial charge on any atom is 0.153 e. The molecule has 0 atom stereocenters. The number of nitrogens with zero attached hydrogens (tertiary/aromatic N) is 9. The minimum atomic E-state index is 0. The van der Waals surface area contributed by atoms with Crippen LogP contribution >= 0.6 is 37.2 Å². The number of pyridine rings is 3. The Morgan fingerprint density at radius 1 is 0.296 bits per heavy atom. The molecule has 21 heteroatoms. The molecule has 0 spiro atoms. The molecule has 0 radical (unpaired) electrons. The van der Waals surface area contributed by atoms with E-state index in [0.717, 1.165) is 17.1 Å². The molecule has 0 fully saturated rings. The van der Waals surface area contributed by atoms with E-state index in [0.29, 0.717) is 34.5 Å². The highest BCUT2D eigenvalue weighted by molar-refractivity contribution is 5.86. The fraction of sp³-hybridized carbons (Fsp3) is 0. The van der Waals surface area contributed by atoms with E-state index in [1.54, 1.807) is 36.4 Å². The van der Waals surface area contributed by atoms with E-state index >= 15 is 0 Å². The molecule has 0 saturated carbocycles. The molecule has 6 rings (SSSR count). The van der Waals surface area contributed by atoms with Crippen LogP contribution in [0.2, 0.25) is 0 Å². The zero-order valence-electron chi connectivity index (χ0n) is 28.0. The van der Waals surface area contributed by atoms with Gasteiger partial charge in [-0.05, 0) is 72.8 Å². The van der Waals surface area contributed by atoms with Gasteiger partial charge in [0.2, 0.25) is 0 Å². The van der Waals surface area contributed by atoms with Crippen LogP contribution in [0.15, 0.2) is 158 Å². The minimum absolute atomic E-state index is 0. The summed E-state index contributed by atoms with van der Waals surface area (Å²) < 4.78 is 0. The predicted octanol–water partition coefficient (Wildman–Crippen LogP) is 0.262. The largest absolute Gasteiger partial charge is 1.00 e. The summed E-state index contributed by atoms with van der Waals surface area (Å²) in [7, 11) is 0. The topological polar surface area (TPSA) is 269 Å². The first kappa shape index (κ1) is 53.4. The van der Waals surface area contributed by atoms with E-state index in [4.69, 9.17) is 34.4 Å². The number of hydrogen-bond acceptors (Lipinski definition) is 15. The number of azo groups is 3. The molecule has 0 saturated heterocycles. The number of rotatable bonds is 6. The Morgan fingerprint density at radius 2 is 0.519 bits per heavy atom. The molecule has 3 heterocycles. The molecule has 0 aliphatic heterocycles. The van der Waals surface area contributed by atoms with Crippen molar-refractivity contribution < 1.29 is 50.9 Å². The van der Waals surface area contributed by atoms with Crippen molar-refractivity contribution >= 4 is 106 Å². The highest BCUT2D eigenvalue weighted by atomic mass is 79.9. The summed E-state index contributed by atoms with van der Waals surface area (Å²) in [6, 6.07) is 38.1. The van der Waals surface area contributed by atoms with Crippen molar-refractivity contribution in [2.45, 2.75) is 0 Å². The molecule has 15 nitrogen and oxygen atoms in total. The number of nitrogen functional groups attached to an aromatic ring is 6. The predicted molar refractivity (Wildman–Crippen MR) is 213 cm³/mol. The normalized spacial score (nSPS) is 9.56. The van der Waals surface area contributed by atoms with Crippen molar-refractivity contribution in [3.05, 3.63) is 127 Å². The highest BCUT2D eigenvalue weighted by Crippen LogP contribution is 2.25. The molecule has 3 aromatic carbocycles. The fourth-order valence-corrected chi connectivity index (χ4v) is 3.52. The van der Waals surface area contributed by atoms with Crippen molar-refractivity contribution in [1.82, 2.24) is 15.0 Å². The van der Waals surface area contributed by atoms with Gasteiger partial charge in [-0.2, -0.15) is 15.3 Å². The number of hydrogen-bond donors (Lipinski definition) is 6. The van der Waals surface area contributed by atoms with Gasteiger partial charge in [-0.1, -0.05) is 54.6 Å². The van der Waals surface area contributed by atoms with E-state index in [-0.39, 0.29) is 106 Å². The number of benzene rings is 3. The summed E-state index contributed by atoms with van der Waals surface area (Å²) in [5, 5.41) is 24.1. The first-order valence-corrected chi connectivity index (χ1v) is 14.2. The summed E-state index contributed by atoms with van der Waals surface area (Å²) in [6.07, 6.45) is 0. The zero-order chi connectivity index (χ0) is 34.1. The van der Waals surface area contributed by atoms with Crippen molar-refractivity contribution in [2.24, 2.45) is 30.7 Å². The third kappa shape index (κ3) is 18.7. The second kappa shape index (κ2) is 28.5. The van der Waals surface area contributed by atoms with Gasteiger partial charge < -0.3 is 85.3 Å². The molecule has 0 bridgehead atoms. The fourth-order valence-electron chi connectivity index (χ4n) is 3.52. The lowest BCUT2D eigenvalue weighted by Gasteiger charge is -1.98. The summed E-state index contributed by atoms with van der Waals surface area (Å²) in [5.41, 5.74) is 37.2. The van der Waals surface area contributed by atoms with Gasteiger partial charge in [-0.25, -0.2) is 15.0 Å². The van der Waals surface area contributed by atoms with Crippen molar-refractivity contribution in [2.75, 3.05) is 34.4 Å². The van der Waals surface area contributed by atoms with E-state index in [2.05, 4.69) is 45.6 Å². The van der Waals surface area contributed by atoms with Crippen molar-refractivity contribution in [1.29, 1.82) is 0 Å². The van der Waals surface area contributed by atoms with Crippen LogP contribution in [0.3, 0.4) is 0 Å². The average Bonchev–Trinajstić information content (AvgIpc) is 3.09. The van der Waals surface area contributed by atoms with Gasteiger partial charge in [-0.15, -0.1) is 52.6 Å².